The van der Waals surface area contributed by atoms with Crippen molar-refractivity contribution in [1.29, 1.82) is 0 Å². The van der Waals surface area contributed by atoms with Gasteiger partial charge in [-0.1, -0.05) is 6.07 Å². The summed E-state index contributed by atoms with van der Waals surface area (Å²) >= 11 is 0. The summed E-state index contributed by atoms with van der Waals surface area (Å²) in [5.74, 6) is -2.59. The Bertz CT molecular complexity index is 682. The second-order valence-electron chi connectivity index (χ2n) is 7.45. The Labute approximate surface area is 175 Å². The molecule has 10 heteroatoms. The summed E-state index contributed by atoms with van der Waals surface area (Å²) in [6.45, 7) is 4.54. The molecule has 2 heterocycles. The molecule has 2 rings (SSSR count). The Morgan fingerprint density at radius 2 is 1.07 bits per heavy atom. The maximum atomic E-state index is 11.0. The minimum absolute atomic E-state index is 0.0187. The molecule has 3 N–H and O–H groups in total. The first-order valence-corrected chi connectivity index (χ1v) is 10.1. The number of aliphatic carboxylic acids is 3. The fraction of sp³-hybridized carbons (Fsp3) is 0.600. The monoisotopic (exact) mass is 422 g/mol. The van der Waals surface area contributed by atoms with E-state index in [9.17, 15) is 14.4 Å². The highest BCUT2D eigenvalue weighted by Gasteiger charge is 2.17. The highest BCUT2D eigenvalue weighted by molar-refractivity contribution is 5.67. The van der Waals surface area contributed by atoms with Crippen LogP contribution in [0.2, 0.25) is 0 Å². The van der Waals surface area contributed by atoms with Crippen molar-refractivity contribution in [3.63, 3.8) is 0 Å². The molecule has 0 unspecified atom stereocenters. The number of rotatable bonds is 9. The van der Waals surface area contributed by atoms with Gasteiger partial charge in [-0.3, -0.25) is 29.2 Å². The maximum Gasteiger partial charge on any atom is 0.304 e. The second kappa shape index (κ2) is 12.2. The third-order valence-corrected chi connectivity index (χ3v) is 5.03. The van der Waals surface area contributed by atoms with Crippen molar-refractivity contribution in [3.8, 4) is 0 Å². The van der Waals surface area contributed by atoms with Gasteiger partial charge in [0.05, 0.1) is 30.7 Å². The van der Waals surface area contributed by atoms with E-state index in [1.54, 1.807) is 0 Å². The van der Waals surface area contributed by atoms with Gasteiger partial charge in [-0.25, -0.2) is 0 Å². The number of nitrogens with zero attached hydrogens (tertiary/aromatic N) is 4. The van der Waals surface area contributed by atoms with Crippen molar-refractivity contribution in [2.75, 3.05) is 45.8 Å². The van der Waals surface area contributed by atoms with E-state index in [1.165, 1.54) is 0 Å². The minimum Gasteiger partial charge on any atom is -0.481 e. The van der Waals surface area contributed by atoms with E-state index in [0.717, 1.165) is 11.4 Å². The van der Waals surface area contributed by atoms with Crippen LogP contribution in [0.5, 0.6) is 0 Å². The van der Waals surface area contributed by atoms with Crippen LogP contribution in [0.15, 0.2) is 18.2 Å². The quantitative estimate of drug-likeness (QED) is 0.514. The molecule has 0 saturated carbocycles. The van der Waals surface area contributed by atoms with Crippen molar-refractivity contribution < 1.29 is 29.7 Å². The first-order chi connectivity index (χ1) is 14.3. The van der Waals surface area contributed by atoms with Gasteiger partial charge in [0.1, 0.15) is 0 Å². The van der Waals surface area contributed by atoms with E-state index in [1.807, 2.05) is 32.9 Å². The number of carboxylic acid groups (broad SMARTS) is 3. The van der Waals surface area contributed by atoms with Crippen LogP contribution in [0.1, 0.15) is 30.7 Å². The van der Waals surface area contributed by atoms with E-state index < -0.39 is 17.9 Å². The first-order valence-electron chi connectivity index (χ1n) is 10.1. The van der Waals surface area contributed by atoms with Crippen LogP contribution in [0, 0.1) is 0 Å². The molecule has 0 aromatic carbocycles. The maximum absolute atomic E-state index is 11.0. The van der Waals surface area contributed by atoms with Gasteiger partial charge in [-0.15, -0.1) is 0 Å². The molecule has 0 atom stereocenters. The van der Waals surface area contributed by atoms with Crippen LogP contribution >= 0.6 is 0 Å². The fourth-order valence-electron chi connectivity index (χ4n) is 3.37. The molecule has 0 amide bonds. The number of fused-ring (bicyclic) bond motifs is 2. The average Bonchev–Trinajstić information content (AvgIpc) is 2.68. The lowest BCUT2D eigenvalue weighted by Gasteiger charge is -2.30. The SMILES string of the molecule is O=C(O)CCN1CCN(CCC(=O)O)Cc2cccc(n2)CN(CCC(=O)O)CC1. The Balaban J connectivity index is 2.18. The molecule has 1 aliphatic rings. The molecule has 1 aromatic rings. The highest BCUT2D eigenvalue weighted by Crippen LogP contribution is 2.10. The largest absolute Gasteiger partial charge is 0.481 e. The van der Waals surface area contributed by atoms with Crippen molar-refractivity contribution >= 4 is 17.9 Å². The molecule has 30 heavy (non-hydrogen) atoms. The van der Waals surface area contributed by atoms with E-state index in [4.69, 9.17) is 15.3 Å². The van der Waals surface area contributed by atoms with E-state index in [-0.39, 0.29) is 19.3 Å². The Morgan fingerprint density at radius 1 is 0.700 bits per heavy atom. The third kappa shape index (κ3) is 9.29. The average molecular weight is 422 g/mol. The van der Waals surface area contributed by atoms with Crippen molar-refractivity contribution in [2.45, 2.75) is 32.4 Å². The number of pyridine rings is 1. The van der Waals surface area contributed by atoms with Crippen LogP contribution in [-0.2, 0) is 27.5 Å². The molecule has 0 aliphatic carbocycles. The van der Waals surface area contributed by atoms with Crippen molar-refractivity contribution in [3.05, 3.63) is 29.6 Å². The Kier molecular flexibility index (Phi) is 9.65. The summed E-state index contributed by atoms with van der Waals surface area (Å²) in [6, 6.07) is 5.70. The summed E-state index contributed by atoms with van der Waals surface area (Å²) in [5, 5.41) is 27.1. The standard InChI is InChI=1S/C20H30N4O6/c25-18(26)4-7-22-10-12-23(8-5-19(27)28)14-16-2-1-3-17(21-16)15-24(13-11-22)9-6-20(29)30/h1-3H,4-15H2,(H,25,26)(H,27,28)(H,29,30). The minimum atomic E-state index is -0.870. The molecule has 0 saturated heterocycles. The van der Waals surface area contributed by atoms with Crippen LogP contribution in [-0.4, -0.2) is 98.7 Å². The van der Waals surface area contributed by atoms with Crippen molar-refractivity contribution in [2.24, 2.45) is 0 Å². The van der Waals surface area contributed by atoms with Gasteiger partial charge in [0, 0.05) is 58.9 Å². The predicted molar refractivity (Wildman–Crippen MR) is 108 cm³/mol. The number of carbonyl (C=O) groups is 3. The Morgan fingerprint density at radius 3 is 1.47 bits per heavy atom. The molecule has 1 aromatic heterocycles. The molecule has 166 valence electrons. The molecule has 1 aliphatic heterocycles. The highest BCUT2D eigenvalue weighted by atomic mass is 16.4. The third-order valence-electron chi connectivity index (χ3n) is 5.03. The van der Waals surface area contributed by atoms with Gasteiger partial charge in [0.2, 0.25) is 0 Å². The van der Waals surface area contributed by atoms with Crippen LogP contribution in [0.3, 0.4) is 0 Å². The summed E-state index contributed by atoms with van der Waals surface area (Å²) in [4.78, 5) is 43.8. The molecule has 0 radical (unpaired) electrons. The molecule has 0 fully saturated rings. The molecule has 0 spiro atoms. The van der Waals surface area contributed by atoms with Gasteiger partial charge in [-0.05, 0) is 12.1 Å². The number of aromatic nitrogens is 1. The normalized spacial score (nSPS) is 17.1. The van der Waals surface area contributed by atoms with Gasteiger partial charge in [-0.2, -0.15) is 0 Å². The topological polar surface area (TPSA) is 135 Å². The summed E-state index contributed by atoms with van der Waals surface area (Å²) < 4.78 is 0. The second-order valence-corrected chi connectivity index (χ2v) is 7.45. The van der Waals surface area contributed by atoms with Crippen LogP contribution < -0.4 is 0 Å². The van der Waals surface area contributed by atoms with E-state index >= 15 is 0 Å². The van der Waals surface area contributed by atoms with Crippen molar-refractivity contribution in [1.82, 2.24) is 19.7 Å². The number of hydrogen-bond acceptors (Lipinski definition) is 7. The van der Waals surface area contributed by atoms with Crippen LogP contribution in [0.25, 0.3) is 0 Å². The molecule has 10 nitrogen and oxygen atoms in total. The van der Waals surface area contributed by atoms with Gasteiger partial charge in [0.15, 0.2) is 0 Å². The fourth-order valence-corrected chi connectivity index (χ4v) is 3.37. The summed E-state index contributed by atoms with van der Waals surface area (Å²) in [7, 11) is 0. The van der Waals surface area contributed by atoms with Gasteiger partial charge < -0.3 is 20.2 Å². The number of hydrogen-bond donors (Lipinski definition) is 3. The zero-order valence-electron chi connectivity index (χ0n) is 17.1. The number of carboxylic acids is 3. The summed E-state index contributed by atoms with van der Waals surface area (Å²) in [5.41, 5.74) is 1.66. The first kappa shape index (κ1) is 23.7. The lowest BCUT2D eigenvalue weighted by Crippen LogP contribution is -2.42. The molecular formula is C20H30N4O6. The van der Waals surface area contributed by atoms with E-state index in [0.29, 0.717) is 58.9 Å². The molecular weight excluding hydrogens is 392 g/mol. The lowest BCUT2D eigenvalue weighted by atomic mass is 10.2. The Hall–Kier alpha value is -2.56. The van der Waals surface area contributed by atoms with E-state index in [2.05, 4.69) is 4.98 Å². The molecule has 2 bridgehead atoms. The zero-order valence-corrected chi connectivity index (χ0v) is 17.1. The summed E-state index contributed by atoms with van der Waals surface area (Å²) in [6.07, 6.45) is 0.0699. The predicted octanol–water partition coefficient (Wildman–Crippen LogP) is 0.425. The zero-order chi connectivity index (χ0) is 21.9. The van der Waals surface area contributed by atoms with Crippen LogP contribution in [0.4, 0.5) is 0 Å². The van der Waals surface area contributed by atoms with Gasteiger partial charge >= 0.3 is 17.9 Å². The smallest absolute Gasteiger partial charge is 0.304 e. The van der Waals surface area contributed by atoms with Gasteiger partial charge in [0.25, 0.3) is 0 Å². The lowest BCUT2D eigenvalue weighted by molar-refractivity contribution is -0.138.